The van der Waals surface area contributed by atoms with Crippen molar-refractivity contribution in [1.82, 2.24) is 20.1 Å². The summed E-state index contributed by atoms with van der Waals surface area (Å²) >= 11 is 0. The van der Waals surface area contributed by atoms with E-state index in [0.717, 1.165) is 41.2 Å². The van der Waals surface area contributed by atoms with Gasteiger partial charge in [0.05, 0.1) is 30.4 Å². The largest absolute Gasteiger partial charge is 0.394 e. The lowest BCUT2D eigenvalue weighted by molar-refractivity contribution is -0.136. The van der Waals surface area contributed by atoms with E-state index in [9.17, 15) is 29.1 Å². The van der Waals surface area contributed by atoms with Gasteiger partial charge in [-0.3, -0.25) is 44.1 Å². The van der Waals surface area contributed by atoms with Gasteiger partial charge in [0.15, 0.2) is 0 Å². The minimum Gasteiger partial charge on any atom is -0.394 e. The van der Waals surface area contributed by atoms with E-state index < -0.39 is 29.7 Å². The van der Waals surface area contributed by atoms with Crippen molar-refractivity contribution in [3.8, 4) is 11.1 Å². The molecule has 5 amide bonds. The molecule has 5 N–H and O–H groups in total. The molecule has 4 atom stereocenters. The van der Waals surface area contributed by atoms with Gasteiger partial charge in [0.1, 0.15) is 12.6 Å². The Labute approximate surface area is 317 Å². The molecule has 0 saturated carbocycles. The predicted octanol–water partition coefficient (Wildman–Crippen LogP) is 3.57. The molecule has 0 aliphatic carbocycles. The van der Waals surface area contributed by atoms with Crippen LogP contribution in [0.15, 0.2) is 85.2 Å². The molecule has 4 aliphatic heterocycles. The first-order valence-electron chi connectivity index (χ1n) is 18.5. The SMILES string of the molecule is O=C1CCC(N2C(=O)c3cccc(NCCOCC(=O)Nc4cccc(-c5ccc6c(c5)[C@H]5[C@H](CCN5Cc5ccncc5)[C@@H](CO)N6)c4)c3C2=O)C(=O)N1. The molecule has 1 unspecified atom stereocenters. The van der Waals surface area contributed by atoms with E-state index in [-0.39, 0.29) is 74.2 Å². The van der Waals surface area contributed by atoms with Gasteiger partial charge in [0, 0.05) is 60.9 Å². The molecule has 14 heteroatoms. The van der Waals surface area contributed by atoms with Crippen molar-refractivity contribution in [3.05, 3.63) is 107 Å². The molecule has 5 heterocycles. The first-order valence-corrected chi connectivity index (χ1v) is 18.5. The summed E-state index contributed by atoms with van der Waals surface area (Å²) in [7, 11) is 0. The predicted molar refractivity (Wildman–Crippen MR) is 203 cm³/mol. The maximum atomic E-state index is 13.3. The highest BCUT2D eigenvalue weighted by molar-refractivity contribution is 6.25. The molecule has 0 radical (unpaired) electrons. The van der Waals surface area contributed by atoms with Crippen molar-refractivity contribution in [2.75, 3.05) is 48.9 Å². The maximum absolute atomic E-state index is 13.3. The number of imide groups is 2. The lowest BCUT2D eigenvalue weighted by Gasteiger charge is -2.39. The van der Waals surface area contributed by atoms with Crippen molar-refractivity contribution >= 4 is 46.6 Å². The normalized spacial score (nSPS) is 21.7. The monoisotopic (exact) mass is 743 g/mol. The van der Waals surface area contributed by atoms with Crippen molar-refractivity contribution in [1.29, 1.82) is 0 Å². The topological polar surface area (TPSA) is 182 Å². The number of aromatic nitrogens is 1. The summed E-state index contributed by atoms with van der Waals surface area (Å²) < 4.78 is 5.63. The summed E-state index contributed by atoms with van der Waals surface area (Å²) in [6.07, 6.45) is 4.73. The first kappa shape index (κ1) is 36.0. The summed E-state index contributed by atoms with van der Waals surface area (Å²) in [5.41, 5.74) is 6.75. The zero-order valence-electron chi connectivity index (χ0n) is 30.0. The van der Waals surface area contributed by atoms with Crippen LogP contribution in [0.5, 0.6) is 0 Å². The van der Waals surface area contributed by atoms with E-state index in [4.69, 9.17) is 4.74 Å². The summed E-state index contributed by atoms with van der Waals surface area (Å²) in [5.74, 6) is -2.35. The minimum atomic E-state index is -1.05. The fourth-order valence-corrected chi connectivity index (χ4v) is 8.30. The van der Waals surface area contributed by atoms with E-state index in [2.05, 4.69) is 49.4 Å². The molecule has 0 bridgehead atoms. The molecule has 3 aromatic carbocycles. The van der Waals surface area contributed by atoms with Gasteiger partial charge in [-0.25, -0.2) is 0 Å². The molecule has 282 valence electrons. The van der Waals surface area contributed by atoms with E-state index in [1.165, 1.54) is 17.2 Å². The van der Waals surface area contributed by atoms with Crippen molar-refractivity contribution in [3.63, 3.8) is 0 Å². The number of aliphatic hydroxyl groups is 1. The number of benzene rings is 3. The van der Waals surface area contributed by atoms with Crippen molar-refractivity contribution in [2.24, 2.45) is 5.92 Å². The van der Waals surface area contributed by atoms with Crippen LogP contribution in [0.3, 0.4) is 0 Å². The Morgan fingerprint density at radius 3 is 2.58 bits per heavy atom. The number of fused-ring (bicyclic) bond motifs is 4. The van der Waals surface area contributed by atoms with Crippen LogP contribution >= 0.6 is 0 Å². The Kier molecular flexibility index (Phi) is 10.1. The Morgan fingerprint density at radius 1 is 0.945 bits per heavy atom. The number of carbonyl (C=O) groups excluding carboxylic acids is 5. The molecule has 4 aromatic rings. The van der Waals surface area contributed by atoms with Gasteiger partial charge in [-0.2, -0.15) is 0 Å². The number of hydrogen-bond donors (Lipinski definition) is 5. The molecule has 0 spiro atoms. The number of nitrogens with zero attached hydrogens (tertiary/aromatic N) is 3. The first-order chi connectivity index (χ1) is 26.8. The van der Waals surface area contributed by atoms with Crippen LogP contribution in [0.2, 0.25) is 0 Å². The third-order valence-electron chi connectivity index (χ3n) is 10.9. The van der Waals surface area contributed by atoms with Crippen molar-refractivity contribution < 1.29 is 33.8 Å². The van der Waals surface area contributed by atoms with Gasteiger partial charge in [-0.15, -0.1) is 0 Å². The zero-order chi connectivity index (χ0) is 38.1. The average Bonchev–Trinajstić information content (AvgIpc) is 3.72. The Balaban J connectivity index is 0.871. The second-order valence-electron chi connectivity index (χ2n) is 14.2. The van der Waals surface area contributed by atoms with Crippen LogP contribution in [-0.2, 0) is 25.7 Å². The van der Waals surface area contributed by atoms with Gasteiger partial charge >= 0.3 is 0 Å². The molecule has 1 aromatic heterocycles. The number of ether oxygens (including phenoxy) is 1. The highest BCUT2D eigenvalue weighted by Gasteiger charge is 2.46. The third-order valence-corrected chi connectivity index (χ3v) is 10.9. The van der Waals surface area contributed by atoms with Crippen LogP contribution in [0, 0.1) is 5.92 Å². The number of rotatable bonds is 12. The number of likely N-dealkylation sites (tertiary alicyclic amines) is 1. The second kappa shape index (κ2) is 15.4. The van der Waals surface area contributed by atoms with Gasteiger partial charge in [0.2, 0.25) is 17.7 Å². The quantitative estimate of drug-likeness (QED) is 0.106. The van der Waals surface area contributed by atoms with Gasteiger partial charge in [0.25, 0.3) is 11.8 Å². The zero-order valence-corrected chi connectivity index (χ0v) is 30.0. The van der Waals surface area contributed by atoms with E-state index in [1.54, 1.807) is 12.1 Å². The van der Waals surface area contributed by atoms with Crippen LogP contribution in [-0.4, -0.2) is 94.4 Å². The number of amides is 5. The van der Waals surface area contributed by atoms with E-state index in [1.807, 2.05) is 48.8 Å². The molecule has 2 fully saturated rings. The molecule has 2 saturated heterocycles. The number of anilines is 3. The van der Waals surface area contributed by atoms with Crippen LogP contribution in [0.4, 0.5) is 17.1 Å². The van der Waals surface area contributed by atoms with Crippen LogP contribution in [0.25, 0.3) is 11.1 Å². The average molecular weight is 744 g/mol. The number of hydrogen-bond acceptors (Lipinski definition) is 11. The highest BCUT2D eigenvalue weighted by Crippen LogP contribution is 2.48. The fourth-order valence-electron chi connectivity index (χ4n) is 8.30. The van der Waals surface area contributed by atoms with E-state index in [0.29, 0.717) is 11.4 Å². The van der Waals surface area contributed by atoms with Crippen LogP contribution in [0.1, 0.15) is 57.1 Å². The number of piperidine rings is 1. The van der Waals surface area contributed by atoms with Gasteiger partial charge in [-0.05, 0) is 90.2 Å². The lowest BCUT2D eigenvalue weighted by atomic mass is 9.82. The summed E-state index contributed by atoms with van der Waals surface area (Å²) in [6.45, 7) is 1.97. The Bertz CT molecular complexity index is 2160. The second-order valence-corrected chi connectivity index (χ2v) is 14.2. The molecular formula is C41H41N7O7. The minimum absolute atomic E-state index is 0.0194. The molecule has 8 rings (SSSR count). The van der Waals surface area contributed by atoms with Crippen molar-refractivity contribution in [2.45, 2.75) is 43.9 Å². The molecular weight excluding hydrogens is 702 g/mol. The van der Waals surface area contributed by atoms with E-state index >= 15 is 0 Å². The summed E-state index contributed by atoms with van der Waals surface area (Å²) in [4.78, 5) is 70.9. The Hall–Kier alpha value is -5.96. The standard InChI is InChI=1S/C41H41N7O7/c49-22-33-28-13-17-47(21-24-11-14-42-15-12-24)38(28)30-20-26(7-8-31(30)45-33)25-3-1-4-27(19-25)44-36(51)23-55-18-16-43-32-6-2-5-29-37(32)41(54)48(40(29)53)34-9-10-35(50)46-39(34)52/h1-8,11-12,14-15,19-20,28,33-34,38,43,45,49H,9-10,13,16-18,21-23H2,(H,44,51)(H,46,50,52)/t28-,33-,34?,38-/m1/s1. The number of aliphatic hydroxyl groups excluding tert-OH is 1. The maximum Gasteiger partial charge on any atom is 0.264 e. The number of nitrogens with one attached hydrogen (secondary N) is 4. The summed E-state index contributed by atoms with van der Waals surface area (Å²) in [6, 6.07) is 22.0. The van der Waals surface area contributed by atoms with Gasteiger partial charge in [-0.1, -0.05) is 24.3 Å². The van der Waals surface area contributed by atoms with Crippen LogP contribution < -0.4 is 21.3 Å². The molecule has 14 nitrogen and oxygen atoms in total. The number of pyridine rings is 1. The highest BCUT2D eigenvalue weighted by atomic mass is 16.5. The molecule has 4 aliphatic rings. The smallest absolute Gasteiger partial charge is 0.264 e. The fraction of sp³-hybridized carbons (Fsp3) is 0.317. The Morgan fingerprint density at radius 2 is 1.76 bits per heavy atom. The molecule has 55 heavy (non-hydrogen) atoms. The number of carbonyl (C=O) groups is 5. The van der Waals surface area contributed by atoms with Gasteiger partial charge < -0.3 is 25.8 Å². The summed E-state index contributed by atoms with van der Waals surface area (Å²) in [5, 5.41) is 22.0. The third kappa shape index (κ3) is 7.19. The lowest BCUT2D eigenvalue weighted by Crippen LogP contribution is -2.54.